The molecule has 0 fully saturated rings. The van der Waals surface area contributed by atoms with E-state index >= 15 is 0 Å². The van der Waals surface area contributed by atoms with Crippen molar-refractivity contribution in [2.24, 2.45) is 5.73 Å². The zero-order valence-corrected chi connectivity index (χ0v) is 10.9. The third-order valence-electron chi connectivity index (χ3n) is 3.26. The molecule has 0 aromatic heterocycles. The molecule has 96 valence electrons. The summed E-state index contributed by atoms with van der Waals surface area (Å²) in [7, 11) is 0. The Morgan fingerprint density at radius 3 is 2.00 bits per heavy atom. The molecule has 0 bridgehead atoms. The Kier molecular flexibility index (Phi) is 3.92. The average molecular weight is 241 g/mol. The van der Waals surface area contributed by atoms with Crippen LogP contribution in [0.25, 0.3) is 0 Å². The molecule has 1 rings (SSSR count). The topological polar surface area (TPSA) is 26.0 Å². The lowest BCUT2D eigenvalue weighted by atomic mass is 9.89. The number of alkyl halides is 2. The summed E-state index contributed by atoms with van der Waals surface area (Å²) >= 11 is 0. The van der Waals surface area contributed by atoms with Crippen LogP contribution in [0.3, 0.4) is 0 Å². The van der Waals surface area contributed by atoms with Crippen molar-refractivity contribution in [2.45, 2.75) is 51.5 Å². The number of rotatable bonds is 4. The SMILES string of the molecule is CCC(C)c1ccc(C(F)(F)C(C)(C)N)cc1. The summed E-state index contributed by atoms with van der Waals surface area (Å²) in [6.45, 7) is 6.85. The number of hydrogen-bond donors (Lipinski definition) is 1. The van der Waals surface area contributed by atoms with Crippen molar-refractivity contribution in [2.75, 3.05) is 0 Å². The summed E-state index contributed by atoms with van der Waals surface area (Å²) in [5.41, 5.74) is 5.04. The Morgan fingerprint density at radius 1 is 1.18 bits per heavy atom. The van der Waals surface area contributed by atoms with Crippen LogP contribution in [0.15, 0.2) is 24.3 Å². The van der Waals surface area contributed by atoms with E-state index < -0.39 is 11.5 Å². The highest BCUT2D eigenvalue weighted by molar-refractivity contribution is 5.29. The van der Waals surface area contributed by atoms with E-state index in [9.17, 15) is 8.78 Å². The Labute approximate surface area is 102 Å². The van der Waals surface area contributed by atoms with Crippen molar-refractivity contribution in [1.29, 1.82) is 0 Å². The van der Waals surface area contributed by atoms with Crippen LogP contribution >= 0.6 is 0 Å². The molecule has 3 heteroatoms. The van der Waals surface area contributed by atoms with Crippen LogP contribution in [0, 0.1) is 0 Å². The predicted octanol–water partition coefficient (Wildman–Crippen LogP) is 4.03. The molecule has 0 aliphatic rings. The molecule has 0 amide bonds. The molecule has 1 nitrogen and oxygen atoms in total. The number of benzene rings is 1. The lowest BCUT2D eigenvalue weighted by Gasteiger charge is -2.30. The molecule has 1 aromatic carbocycles. The molecular weight excluding hydrogens is 220 g/mol. The molecule has 0 aliphatic carbocycles. The lowest BCUT2D eigenvalue weighted by molar-refractivity contribution is -0.0672. The van der Waals surface area contributed by atoms with Crippen LogP contribution < -0.4 is 5.73 Å². The molecule has 0 aliphatic heterocycles. The first-order chi connectivity index (χ1) is 7.70. The van der Waals surface area contributed by atoms with E-state index in [1.54, 1.807) is 12.1 Å². The fraction of sp³-hybridized carbons (Fsp3) is 0.571. The van der Waals surface area contributed by atoms with E-state index in [-0.39, 0.29) is 5.56 Å². The van der Waals surface area contributed by atoms with E-state index in [2.05, 4.69) is 13.8 Å². The zero-order valence-electron chi connectivity index (χ0n) is 10.9. The van der Waals surface area contributed by atoms with Gasteiger partial charge in [0.1, 0.15) is 0 Å². The minimum Gasteiger partial charge on any atom is -0.320 e. The highest BCUT2D eigenvalue weighted by atomic mass is 19.3. The van der Waals surface area contributed by atoms with Gasteiger partial charge in [-0.2, -0.15) is 8.78 Å². The fourth-order valence-corrected chi connectivity index (χ4v) is 1.63. The van der Waals surface area contributed by atoms with Crippen molar-refractivity contribution in [1.82, 2.24) is 0 Å². The molecule has 17 heavy (non-hydrogen) atoms. The quantitative estimate of drug-likeness (QED) is 0.846. The van der Waals surface area contributed by atoms with Crippen molar-refractivity contribution >= 4 is 0 Å². The molecular formula is C14H21F2N. The minimum absolute atomic E-state index is 0.0166. The van der Waals surface area contributed by atoms with Gasteiger partial charge in [0.05, 0.1) is 5.54 Å². The molecule has 1 unspecified atom stereocenters. The number of nitrogens with two attached hydrogens (primary N) is 1. The molecule has 2 N–H and O–H groups in total. The van der Waals surface area contributed by atoms with Crippen molar-refractivity contribution in [3.05, 3.63) is 35.4 Å². The van der Waals surface area contributed by atoms with Crippen LogP contribution in [0.4, 0.5) is 8.78 Å². The molecule has 0 radical (unpaired) electrons. The van der Waals surface area contributed by atoms with Crippen LogP contribution in [0.5, 0.6) is 0 Å². The zero-order chi connectivity index (χ0) is 13.3. The molecule has 0 saturated carbocycles. The third-order valence-corrected chi connectivity index (χ3v) is 3.26. The molecule has 1 atom stereocenters. The minimum atomic E-state index is -3.01. The predicted molar refractivity (Wildman–Crippen MR) is 67.3 cm³/mol. The maximum Gasteiger partial charge on any atom is 0.290 e. The van der Waals surface area contributed by atoms with Crippen LogP contribution in [-0.4, -0.2) is 5.54 Å². The average Bonchev–Trinajstić information content (AvgIpc) is 2.26. The second kappa shape index (κ2) is 4.73. The van der Waals surface area contributed by atoms with Gasteiger partial charge in [0, 0.05) is 5.56 Å². The van der Waals surface area contributed by atoms with E-state index in [4.69, 9.17) is 5.73 Å². The van der Waals surface area contributed by atoms with E-state index in [0.717, 1.165) is 12.0 Å². The van der Waals surface area contributed by atoms with Gasteiger partial charge in [-0.05, 0) is 31.7 Å². The maximum absolute atomic E-state index is 14.0. The highest BCUT2D eigenvalue weighted by Gasteiger charge is 2.45. The van der Waals surface area contributed by atoms with Gasteiger partial charge in [-0.1, -0.05) is 38.1 Å². The van der Waals surface area contributed by atoms with Gasteiger partial charge < -0.3 is 5.73 Å². The number of hydrogen-bond acceptors (Lipinski definition) is 1. The highest BCUT2D eigenvalue weighted by Crippen LogP contribution is 2.37. The van der Waals surface area contributed by atoms with Crippen LogP contribution in [0.2, 0.25) is 0 Å². The van der Waals surface area contributed by atoms with E-state index in [0.29, 0.717) is 5.92 Å². The third kappa shape index (κ3) is 2.83. The second-order valence-electron chi connectivity index (χ2n) is 5.23. The van der Waals surface area contributed by atoms with Gasteiger partial charge in [0.25, 0.3) is 5.92 Å². The molecule has 0 saturated heterocycles. The lowest BCUT2D eigenvalue weighted by Crippen LogP contribution is -2.48. The Morgan fingerprint density at radius 2 is 1.65 bits per heavy atom. The maximum atomic E-state index is 14.0. The summed E-state index contributed by atoms with van der Waals surface area (Å²) in [5, 5.41) is 0. The van der Waals surface area contributed by atoms with Gasteiger partial charge in [-0.25, -0.2) is 0 Å². The standard InChI is InChI=1S/C14H21F2N/c1-5-10(2)11-6-8-12(9-7-11)14(15,16)13(3,4)17/h6-10H,5,17H2,1-4H3. The summed E-state index contributed by atoms with van der Waals surface area (Å²) in [6, 6.07) is 6.50. The van der Waals surface area contributed by atoms with Crippen molar-refractivity contribution in [3.63, 3.8) is 0 Å². The Bertz CT molecular complexity index is 363. The molecule has 1 aromatic rings. The Hall–Kier alpha value is -0.960. The summed E-state index contributed by atoms with van der Waals surface area (Å²) in [5.74, 6) is -2.62. The fourth-order valence-electron chi connectivity index (χ4n) is 1.63. The second-order valence-corrected chi connectivity index (χ2v) is 5.23. The number of halogens is 2. The van der Waals surface area contributed by atoms with Crippen LogP contribution in [0.1, 0.15) is 51.2 Å². The summed E-state index contributed by atoms with van der Waals surface area (Å²) < 4.78 is 27.9. The van der Waals surface area contributed by atoms with Gasteiger partial charge in [0.15, 0.2) is 0 Å². The first-order valence-electron chi connectivity index (χ1n) is 5.97. The summed E-state index contributed by atoms with van der Waals surface area (Å²) in [6.07, 6.45) is 0.998. The smallest absolute Gasteiger partial charge is 0.290 e. The van der Waals surface area contributed by atoms with Crippen molar-refractivity contribution < 1.29 is 8.78 Å². The summed E-state index contributed by atoms with van der Waals surface area (Å²) in [4.78, 5) is 0. The van der Waals surface area contributed by atoms with Gasteiger partial charge in [-0.3, -0.25) is 0 Å². The van der Waals surface area contributed by atoms with Gasteiger partial charge >= 0.3 is 0 Å². The molecule has 0 spiro atoms. The van der Waals surface area contributed by atoms with Gasteiger partial charge in [-0.15, -0.1) is 0 Å². The first-order valence-corrected chi connectivity index (χ1v) is 5.97. The van der Waals surface area contributed by atoms with Crippen LogP contribution in [-0.2, 0) is 5.92 Å². The Balaban J connectivity index is 3.03. The largest absolute Gasteiger partial charge is 0.320 e. The monoisotopic (exact) mass is 241 g/mol. The van der Waals surface area contributed by atoms with Gasteiger partial charge in [0.2, 0.25) is 0 Å². The van der Waals surface area contributed by atoms with Crippen molar-refractivity contribution in [3.8, 4) is 0 Å². The normalized spacial score (nSPS) is 14.8. The first kappa shape index (κ1) is 14.1. The molecule has 0 heterocycles. The van der Waals surface area contributed by atoms with E-state index in [1.807, 2.05) is 0 Å². The van der Waals surface area contributed by atoms with E-state index in [1.165, 1.54) is 26.0 Å².